The van der Waals surface area contributed by atoms with Gasteiger partial charge in [-0.2, -0.15) is 0 Å². The third-order valence-electron chi connectivity index (χ3n) is 3.20. The summed E-state index contributed by atoms with van der Waals surface area (Å²) in [7, 11) is 0. The maximum absolute atomic E-state index is 6.21. The van der Waals surface area contributed by atoms with Crippen LogP contribution < -0.4 is 5.32 Å². The predicted molar refractivity (Wildman–Crippen MR) is 93.2 cm³/mol. The number of hydrogen-bond acceptors (Lipinski definition) is 2. The van der Waals surface area contributed by atoms with Crippen molar-refractivity contribution in [2.45, 2.75) is 6.54 Å². The van der Waals surface area contributed by atoms with E-state index >= 15 is 0 Å². The van der Waals surface area contributed by atoms with Gasteiger partial charge in [0.05, 0.1) is 10.5 Å². The van der Waals surface area contributed by atoms with Crippen molar-refractivity contribution in [3.63, 3.8) is 0 Å². The fraction of sp³-hybridized carbons (Fsp3) is 0.0625. The largest absolute Gasteiger partial charge is 0.380 e. The van der Waals surface area contributed by atoms with E-state index in [1.807, 2.05) is 42.5 Å². The Balaban J connectivity index is 1.92. The molecular weight excluding hydrogens is 371 g/mol. The van der Waals surface area contributed by atoms with Gasteiger partial charge in [-0.15, -0.1) is 0 Å². The molecule has 0 atom stereocenters. The van der Waals surface area contributed by atoms with E-state index < -0.39 is 0 Å². The summed E-state index contributed by atoms with van der Waals surface area (Å²) < 4.78 is 1.01. The molecule has 0 aliphatic rings. The molecule has 0 aliphatic heterocycles. The molecule has 0 amide bonds. The lowest BCUT2D eigenvalue weighted by Gasteiger charge is -2.11. The fourth-order valence-electron chi connectivity index (χ4n) is 2.16. The molecule has 0 fully saturated rings. The average molecular weight is 382 g/mol. The average Bonchev–Trinajstić information content (AvgIpc) is 2.50. The lowest BCUT2D eigenvalue weighted by Crippen LogP contribution is -2.01. The van der Waals surface area contributed by atoms with Crippen LogP contribution in [-0.4, -0.2) is 4.98 Å². The van der Waals surface area contributed by atoms with Crippen LogP contribution in [0.25, 0.3) is 10.9 Å². The zero-order valence-corrected chi connectivity index (χ0v) is 14.0. The molecule has 1 aromatic heterocycles. The third-order valence-corrected chi connectivity index (χ3v) is 4.36. The van der Waals surface area contributed by atoms with Gasteiger partial charge in [0.1, 0.15) is 0 Å². The van der Waals surface area contributed by atoms with Gasteiger partial charge in [-0.3, -0.25) is 4.98 Å². The van der Waals surface area contributed by atoms with Crippen LogP contribution in [0.2, 0.25) is 10.0 Å². The van der Waals surface area contributed by atoms with Gasteiger partial charge < -0.3 is 5.32 Å². The summed E-state index contributed by atoms with van der Waals surface area (Å²) in [6.07, 6.45) is 1.74. The molecule has 0 saturated heterocycles. The second-order valence-corrected chi connectivity index (χ2v) is 6.31. The number of nitrogens with zero attached hydrogens (tertiary/aromatic N) is 1. The molecule has 2 nitrogen and oxygen atoms in total. The molecule has 5 heteroatoms. The van der Waals surface area contributed by atoms with Gasteiger partial charge >= 0.3 is 0 Å². The molecule has 0 bridgehead atoms. The summed E-state index contributed by atoms with van der Waals surface area (Å²) in [4.78, 5) is 4.32. The lowest BCUT2D eigenvalue weighted by atomic mass is 10.1. The monoisotopic (exact) mass is 380 g/mol. The molecule has 0 unspecified atom stereocenters. The van der Waals surface area contributed by atoms with E-state index in [4.69, 9.17) is 23.2 Å². The summed E-state index contributed by atoms with van der Waals surface area (Å²) in [5, 5.41) is 5.78. The van der Waals surface area contributed by atoms with Gasteiger partial charge in [0.2, 0.25) is 0 Å². The van der Waals surface area contributed by atoms with E-state index in [2.05, 4.69) is 26.2 Å². The van der Waals surface area contributed by atoms with Crippen molar-refractivity contribution < 1.29 is 0 Å². The molecule has 0 radical (unpaired) electrons. The number of halogens is 3. The second-order valence-electron chi connectivity index (χ2n) is 4.58. The number of pyridine rings is 1. The van der Waals surface area contributed by atoms with E-state index in [0.29, 0.717) is 11.6 Å². The minimum absolute atomic E-state index is 0.629. The number of aromatic nitrogens is 1. The Labute approximate surface area is 141 Å². The van der Waals surface area contributed by atoms with Crippen molar-refractivity contribution in [2.24, 2.45) is 0 Å². The Hall–Kier alpha value is -1.29. The molecule has 2 aromatic carbocycles. The van der Waals surface area contributed by atoms with Crippen LogP contribution >= 0.6 is 39.1 Å². The summed E-state index contributed by atoms with van der Waals surface area (Å²) in [6, 6.07) is 13.5. The first kappa shape index (κ1) is 14.6. The van der Waals surface area contributed by atoms with Gasteiger partial charge in [0, 0.05) is 33.3 Å². The maximum Gasteiger partial charge on any atom is 0.0908 e. The number of fused-ring (bicyclic) bond motifs is 1. The van der Waals surface area contributed by atoms with Crippen molar-refractivity contribution in [3.05, 3.63) is 68.7 Å². The number of nitrogens with one attached hydrogen (secondary N) is 1. The Morgan fingerprint density at radius 2 is 1.86 bits per heavy atom. The summed E-state index contributed by atoms with van der Waals surface area (Å²) in [5.41, 5.74) is 2.81. The molecule has 21 heavy (non-hydrogen) atoms. The van der Waals surface area contributed by atoms with Crippen molar-refractivity contribution in [1.82, 2.24) is 4.98 Å². The standard InChI is InChI=1S/C16H11BrCl2N2/c17-11-3-4-13(18)10(8-11)9-21-15-6-5-14(19)16-12(15)2-1-7-20-16/h1-8,21H,9H2. The van der Waals surface area contributed by atoms with Crippen molar-refractivity contribution >= 4 is 55.7 Å². The first-order chi connectivity index (χ1) is 10.1. The summed E-state index contributed by atoms with van der Waals surface area (Å²) in [5.74, 6) is 0. The quantitative estimate of drug-likeness (QED) is 0.609. The van der Waals surface area contributed by atoms with E-state index in [-0.39, 0.29) is 0 Å². The molecule has 0 aliphatic carbocycles. The molecule has 1 N–H and O–H groups in total. The fourth-order valence-corrected chi connectivity index (χ4v) is 2.97. The highest BCUT2D eigenvalue weighted by atomic mass is 79.9. The minimum Gasteiger partial charge on any atom is -0.380 e. The number of hydrogen-bond donors (Lipinski definition) is 1. The van der Waals surface area contributed by atoms with Crippen LogP contribution in [0.15, 0.2) is 53.1 Å². The van der Waals surface area contributed by atoms with Crippen LogP contribution in [0.5, 0.6) is 0 Å². The number of anilines is 1. The predicted octanol–water partition coefficient (Wildman–Crippen LogP) is 5.92. The third kappa shape index (κ3) is 3.15. The normalized spacial score (nSPS) is 10.8. The molecule has 0 spiro atoms. The van der Waals surface area contributed by atoms with Gasteiger partial charge in [-0.05, 0) is 48.0 Å². The lowest BCUT2D eigenvalue weighted by molar-refractivity contribution is 1.15. The van der Waals surface area contributed by atoms with Crippen LogP contribution in [0.1, 0.15) is 5.56 Å². The van der Waals surface area contributed by atoms with Crippen LogP contribution in [0, 0.1) is 0 Å². The highest BCUT2D eigenvalue weighted by molar-refractivity contribution is 9.10. The first-order valence-electron chi connectivity index (χ1n) is 6.36. The zero-order chi connectivity index (χ0) is 14.8. The molecule has 3 aromatic rings. The number of rotatable bonds is 3. The second kappa shape index (κ2) is 6.22. The molecule has 1 heterocycles. The molecular formula is C16H11BrCl2N2. The highest BCUT2D eigenvalue weighted by Gasteiger charge is 2.06. The smallest absolute Gasteiger partial charge is 0.0908 e. The van der Waals surface area contributed by atoms with Crippen molar-refractivity contribution in [1.29, 1.82) is 0 Å². The molecule has 106 valence electrons. The van der Waals surface area contributed by atoms with Gasteiger partial charge in [-0.1, -0.05) is 39.1 Å². The van der Waals surface area contributed by atoms with E-state index in [0.717, 1.165) is 31.6 Å². The summed E-state index contributed by atoms with van der Waals surface area (Å²) in [6.45, 7) is 0.629. The van der Waals surface area contributed by atoms with E-state index in [1.54, 1.807) is 6.20 Å². The molecule has 3 rings (SSSR count). The minimum atomic E-state index is 0.629. The topological polar surface area (TPSA) is 24.9 Å². The first-order valence-corrected chi connectivity index (χ1v) is 7.91. The zero-order valence-electron chi connectivity index (χ0n) is 10.9. The molecule has 0 saturated carbocycles. The van der Waals surface area contributed by atoms with E-state index in [1.165, 1.54) is 0 Å². The maximum atomic E-state index is 6.21. The van der Waals surface area contributed by atoms with Gasteiger partial charge in [0.25, 0.3) is 0 Å². The number of benzene rings is 2. The van der Waals surface area contributed by atoms with Crippen LogP contribution in [0.3, 0.4) is 0 Å². The van der Waals surface area contributed by atoms with E-state index in [9.17, 15) is 0 Å². The van der Waals surface area contributed by atoms with Gasteiger partial charge in [-0.25, -0.2) is 0 Å². The highest BCUT2D eigenvalue weighted by Crippen LogP contribution is 2.29. The van der Waals surface area contributed by atoms with Crippen LogP contribution in [0.4, 0.5) is 5.69 Å². The SMILES string of the molecule is Clc1ccc(Br)cc1CNc1ccc(Cl)c2ncccc12. The summed E-state index contributed by atoms with van der Waals surface area (Å²) >= 11 is 15.8. The Morgan fingerprint density at radius 1 is 1.05 bits per heavy atom. The Morgan fingerprint density at radius 3 is 2.71 bits per heavy atom. The van der Waals surface area contributed by atoms with Crippen molar-refractivity contribution in [3.8, 4) is 0 Å². The van der Waals surface area contributed by atoms with Crippen LogP contribution in [-0.2, 0) is 6.54 Å². The Bertz CT molecular complexity index is 805. The Kier molecular flexibility index (Phi) is 4.34. The van der Waals surface area contributed by atoms with Crippen molar-refractivity contribution in [2.75, 3.05) is 5.32 Å². The van der Waals surface area contributed by atoms with Gasteiger partial charge in [0.15, 0.2) is 0 Å².